The number of hydrogen-bond acceptors (Lipinski definition) is 5. The molecule has 1 spiro atoms. The molecule has 5 unspecified atom stereocenters. The van der Waals surface area contributed by atoms with Gasteiger partial charge in [-0.25, -0.2) is 4.79 Å². The predicted molar refractivity (Wildman–Crippen MR) is 80.1 cm³/mol. The number of hydrogen-bond donors (Lipinski definition) is 3. The average molecular weight is 336 g/mol. The third-order valence-electron chi connectivity index (χ3n) is 5.78. The number of fused-ring (bicyclic) bond motifs is 1. The van der Waals surface area contributed by atoms with E-state index in [4.69, 9.17) is 4.74 Å². The molecule has 1 amide bonds. The van der Waals surface area contributed by atoms with Crippen molar-refractivity contribution in [1.29, 1.82) is 0 Å². The van der Waals surface area contributed by atoms with E-state index in [0.717, 1.165) is 12.8 Å². The van der Waals surface area contributed by atoms with Crippen LogP contribution in [0.2, 0.25) is 0 Å². The van der Waals surface area contributed by atoms with Crippen molar-refractivity contribution in [2.24, 2.45) is 11.8 Å². The minimum Gasteiger partial charge on any atom is -0.481 e. The van der Waals surface area contributed by atoms with E-state index in [1.165, 1.54) is 11.3 Å². The third kappa shape index (κ3) is 1.96. The van der Waals surface area contributed by atoms with Gasteiger partial charge in [-0.2, -0.15) is 0 Å². The average Bonchev–Trinajstić information content (AvgIpc) is 3.09. The van der Waals surface area contributed by atoms with Crippen LogP contribution in [0.25, 0.3) is 0 Å². The van der Waals surface area contributed by atoms with Gasteiger partial charge in [-0.1, -0.05) is 18.6 Å². The fourth-order valence-electron chi connectivity index (χ4n) is 4.47. The summed E-state index contributed by atoms with van der Waals surface area (Å²) in [5.41, 5.74) is -1.35. The van der Waals surface area contributed by atoms with E-state index in [1.54, 1.807) is 12.2 Å². The molecule has 3 fully saturated rings. The Morgan fingerprint density at radius 1 is 1.33 bits per heavy atom. The smallest absolute Gasteiger partial charge is 0.329 e. The van der Waals surface area contributed by atoms with Gasteiger partial charge >= 0.3 is 11.9 Å². The van der Waals surface area contributed by atoms with E-state index in [1.807, 2.05) is 0 Å². The summed E-state index contributed by atoms with van der Waals surface area (Å²) in [4.78, 5) is 37.5. The summed E-state index contributed by atoms with van der Waals surface area (Å²) in [6.07, 6.45) is 5.80. The van der Waals surface area contributed by atoms with Crippen LogP contribution in [-0.4, -0.2) is 69.8 Å². The molecule has 3 N–H and O–H groups in total. The first-order valence-electron chi connectivity index (χ1n) is 8.32. The van der Waals surface area contributed by atoms with Gasteiger partial charge in [0.25, 0.3) is 0 Å². The summed E-state index contributed by atoms with van der Waals surface area (Å²) < 4.78 is 5.74. The number of rotatable bonds is 6. The minimum absolute atomic E-state index is 0.235. The zero-order valence-corrected chi connectivity index (χ0v) is 13.1. The van der Waals surface area contributed by atoms with E-state index < -0.39 is 47.4 Å². The highest BCUT2D eigenvalue weighted by Crippen LogP contribution is 2.54. The molecule has 8 nitrogen and oxygen atoms in total. The number of carboxylic acids is 2. The summed E-state index contributed by atoms with van der Waals surface area (Å²) in [6, 6.07) is -0.744. The number of ether oxygens (including phenoxy) is 1. The molecule has 0 aromatic rings. The number of carbonyl (C=O) groups is 3. The fourth-order valence-corrected chi connectivity index (χ4v) is 4.47. The van der Waals surface area contributed by atoms with E-state index in [9.17, 15) is 24.6 Å². The number of carbonyl (C=O) groups excluding carboxylic acids is 1. The molecule has 1 saturated carbocycles. The van der Waals surface area contributed by atoms with E-state index in [2.05, 4.69) is 5.32 Å². The zero-order chi connectivity index (χ0) is 17.1. The molecule has 130 valence electrons. The monoisotopic (exact) mass is 336 g/mol. The summed E-state index contributed by atoms with van der Waals surface area (Å²) in [7, 11) is 0. The lowest BCUT2D eigenvalue weighted by Crippen LogP contribution is -2.52. The van der Waals surface area contributed by atoms with Gasteiger partial charge in [0.15, 0.2) is 6.04 Å². The van der Waals surface area contributed by atoms with Gasteiger partial charge < -0.3 is 25.2 Å². The van der Waals surface area contributed by atoms with Crippen LogP contribution in [0, 0.1) is 11.8 Å². The van der Waals surface area contributed by atoms with Crippen molar-refractivity contribution in [2.45, 2.75) is 43.1 Å². The molecule has 1 aliphatic carbocycles. The predicted octanol–water partition coefficient (Wildman–Crippen LogP) is -0.552. The van der Waals surface area contributed by atoms with Crippen LogP contribution >= 0.6 is 0 Å². The van der Waals surface area contributed by atoms with Gasteiger partial charge in [-0.3, -0.25) is 9.59 Å². The molecule has 0 radical (unpaired) electrons. The Hall–Kier alpha value is -1.93. The van der Waals surface area contributed by atoms with Crippen molar-refractivity contribution >= 4 is 17.8 Å². The molecule has 24 heavy (non-hydrogen) atoms. The summed E-state index contributed by atoms with van der Waals surface area (Å²) in [5, 5.41) is 22.4. The quantitative estimate of drug-likeness (QED) is 0.557. The third-order valence-corrected chi connectivity index (χ3v) is 5.78. The van der Waals surface area contributed by atoms with Crippen LogP contribution in [-0.2, 0) is 19.1 Å². The Labute approximate surface area is 138 Å². The van der Waals surface area contributed by atoms with Gasteiger partial charge in [-0.15, -0.1) is 0 Å². The highest BCUT2D eigenvalue weighted by molar-refractivity contribution is 5.97. The molecular weight excluding hydrogens is 316 g/mol. The number of amides is 1. The number of likely N-dealkylation sites (tertiary alicyclic amines) is 1. The van der Waals surface area contributed by atoms with Crippen molar-refractivity contribution in [3.63, 3.8) is 0 Å². The van der Waals surface area contributed by atoms with Crippen LogP contribution in [0.5, 0.6) is 0 Å². The molecule has 0 aromatic carbocycles. The topological polar surface area (TPSA) is 116 Å². The lowest BCUT2D eigenvalue weighted by Gasteiger charge is -2.31. The second-order valence-electron chi connectivity index (χ2n) is 6.99. The molecule has 5 atom stereocenters. The standard InChI is InChI=1S/C16H20N2O6/c19-13-11-10(14(20)21)9-4-5-16(11,24-9)12(15(22)23)18(13)7-6-17-8-2-1-3-8/h4-5,8-12,17H,1-3,6-7H2,(H,20,21)(H,22,23). The van der Waals surface area contributed by atoms with Crippen molar-refractivity contribution in [3.05, 3.63) is 12.2 Å². The summed E-state index contributed by atoms with van der Waals surface area (Å²) in [6.45, 7) is 0.729. The summed E-state index contributed by atoms with van der Waals surface area (Å²) >= 11 is 0. The lowest BCUT2D eigenvalue weighted by atomic mass is 9.75. The van der Waals surface area contributed by atoms with Gasteiger partial charge in [0.2, 0.25) is 5.91 Å². The first-order valence-corrected chi connectivity index (χ1v) is 8.32. The van der Waals surface area contributed by atoms with Gasteiger partial charge in [0, 0.05) is 19.1 Å². The highest BCUT2D eigenvalue weighted by atomic mass is 16.5. The Balaban J connectivity index is 1.58. The number of carboxylic acid groups (broad SMARTS) is 2. The normalized spacial score (nSPS) is 40.0. The highest BCUT2D eigenvalue weighted by Gasteiger charge is 2.73. The Kier molecular flexibility index (Phi) is 3.43. The van der Waals surface area contributed by atoms with E-state index in [0.29, 0.717) is 12.6 Å². The van der Waals surface area contributed by atoms with Gasteiger partial charge in [0.1, 0.15) is 11.5 Å². The van der Waals surface area contributed by atoms with E-state index in [-0.39, 0.29) is 6.54 Å². The molecule has 2 saturated heterocycles. The minimum atomic E-state index is -1.35. The first-order chi connectivity index (χ1) is 11.5. The van der Waals surface area contributed by atoms with Crippen molar-refractivity contribution in [1.82, 2.24) is 10.2 Å². The molecule has 4 aliphatic rings. The molecule has 8 heteroatoms. The maximum Gasteiger partial charge on any atom is 0.329 e. The van der Waals surface area contributed by atoms with Crippen LogP contribution < -0.4 is 5.32 Å². The Morgan fingerprint density at radius 2 is 2.08 bits per heavy atom. The largest absolute Gasteiger partial charge is 0.481 e. The molecule has 0 aromatic heterocycles. The van der Waals surface area contributed by atoms with Crippen molar-refractivity contribution in [2.75, 3.05) is 13.1 Å². The van der Waals surface area contributed by atoms with Crippen molar-refractivity contribution < 1.29 is 29.3 Å². The van der Waals surface area contributed by atoms with Crippen LogP contribution in [0.4, 0.5) is 0 Å². The molecular formula is C16H20N2O6. The van der Waals surface area contributed by atoms with Crippen LogP contribution in [0.3, 0.4) is 0 Å². The second-order valence-corrected chi connectivity index (χ2v) is 6.99. The van der Waals surface area contributed by atoms with Crippen molar-refractivity contribution in [3.8, 4) is 0 Å². The number of aliphatic carboxylic acids is 2. The Morgan fingerprint density at radius 3 is 2.67 bits per heavy atom. The fraction of sp³-hybridized carbons (Fsp3) is 0.688. The van der Waals surface area contributed by atoms with Crippen LogP contribution in [0.1, 0.15) is 19.3 Å². The zero-order valence-electron chi connectivity index (χ0n) is 13.1. The molecule has 2 bridgehead atoms. The SMILES string of the molecule is O=C(O)C1C2C=CC3(O2)C1C(=O)N(CCNC1CCC1)C3C(=O)O. The Bertz CT molecular complexity index is 630. The maximum absolute atomic E-state index is 12.8. The van der Waals surface area contributed by atoms with Gasteiger partial charge in [-0.05, 0) is 12.8 Å². The summed E-state index contributed by atoms with van der Waals surface area (Å²) in [5.74, 6) is -4.70. The molecule has 3 heterocycles. The lowest BCUT2D eigenvalue weighted by molar-refractivity contribution is -0.153. The second kappa shape index (κ2) is 5.29. The molecule has 3 aliphatic heterocycles. The van der Waals surface area contributed by atoms with Crippen LogP contribution in [0.15, 0.2) is 12.2 Å². The molecule has 4 rings (SSSR count). The number of nitrogens with one attached hydrogen (secondary N) is 1. The van der Waals surface area contributed by atoms with Gasteiger partial charge in [0.05, 0.1) is 12.0 Å². The van der Waals surface area contributed by atoms with E-state index >= 15 is 0 Å². The first kappa shape index (κ1) is 15.6. The number of nitrogens with zero attached hydrogens (tertiary/aromatic N) is 1. The maximum atomic E-state index is 12.8.